The highest BCUT2D eigenvalue weighted by atomic mass is 15.0. The number of hydrogen-bond acceptors (Lipinski definition) is 2. The summed E-state index contributed by atoms with van der Waals surface area (Å²) in [7, 11) is 0. The van der Waals surface area contributed by atoms with E-state index in [2.05, 4.69) is 162 Å². The highest BCUT2D eigenvalue weighted by molar-refractivity contribution is 6.09. The number of para-hydroxylation sites is 1. The van der Waals surface area contributed by atoms with E-state index in [1.54, 1.807) is 0 Å². The van der Waals surface area contributed by atoms with Crippen LogP contribution in [0.15, 0.2) is 164 Å². The number of aromatic nitrogens is 3. The average Bonchev–Trinajstić information content (AvgIpc) is 3.95. The van der Waals surface area contributed by atoms with Crippen molar-refractivity contribution in [2.24, 2.45) is 0 Å². The lowest BCUT2D eigenvalue weighted by molar-refractivity contribution is 0.550. The van der Waals surface area contributed by atoms with E-state index < -0.39 is 0 Å². The van der Waals surface area contributed by atoms with Crippen LogP contribution in [0.4, 0.5) is 0 Å². The molecule has 2 aliphatic rings. The van der Waals surface area contributed by atoms with Crippen LogP contribution in [-0.4, -0.2) is 14.5 Å². The summed E-state index contributed by atoms with van der Waals surface area (Å²) in [5, 5.41) is 2.49. The van der Waals surface area contributed by atoms with E-state index in [1.807, 2.05) is 30.7 Å². The minimum Gasteiger partial charge on any atom is -0.308 e. The lowest BCUT2D eigenvalue weighted by Crippen LogP contribution is -2.20. The van der Waals surface area contributed by atoms with Crippen molar-refractivity contribution >= 4 is 21.8 Å². The fourth-order valence-electron chi connectivity index (χ4n) is 10.1. The molecule has 1 spiro atoms. The summed E-state index contributed by atoms with van der Waals surface area (Å²) in [5.41, 5.74) is 21.7. The van der Waals surface area contributed by atoms with Gasteiger partial charge in [0, 0.05) is 39.8 Å². The summed E-state index contributed by atoms with van der Waals surface area (Å²) >= 11 is 0. The molecule has 0 amide bonds. The van der Waals surface area contributed by atoms with Crippen molar-refractivity contribution in [1.29, 1.82) is 0 Å². The van der Waals surface area contributed by atoms with Gasteiger partial charge in [0.25, 0.3) is 0 Å². The maximum Gasteiger partial charge on any atom is 0.0724 e. The molecule has 6 aromatic carbocycles. The Morgan fingerprint density at radius 1 is 0.482 bits per heavy atom. The molecule has 268 valence electrons. The zero-order chi connectivity index (χ0) is 37.4. The second kappa shape index (κ2) is 12.7. The van der Waals surface area contributed by atoms with Crippen molar-refractivity contribution in [3.63, 3.8) is 0 Å². The summed E-state index contributed by atoms with van der Waals surface area (Å²) in [6, 6.07) is 54.1. The zero-order valence-corrected chi connectivity index (χ0v) is 31.8. The molecule has 3 heteroatoms. The molecule has 3 nitrogen and oxygen atoms in total. The van der Waals surface area contributed by atoms with Crippen LogP contribution in [0.3, 0.4) is 0 Å². The van der Waals surface area contributed by atoms with Crippen LogP contribution in [0.25, 0.3) is 83.3 Å². The van der Waals surface area contributed by atoms with E-state index >= 15 is 0 Å². The number of rotatable bonds is 5. The fourth-order valence-corrected chi connectivity index (χ4v) is 10.1. The first-order chi connectivity index (χ1) is 27.6. The van der Waals surface area contributed by atoms with Crippen LogP contribution < -0.4 is 0 Å². The maximum absolute atomic E-state index is 4.60. The van der Waals surface area contributed by atoms with Crippen molar-refractivity contribution in [2.45, 2.75) is 44.9 Å². The molecule has 1 fully saturated rings. The van der Waals surface area contributed by atoms with Gasteiger partial charge in [0.1, 0.15) is 0 Å². The van der Waals surface area contributed by atoms with Gasteiger partial charge in [-0.05, 0) is 154 Å². The Morgan fingerprint density at radius 2 is 1.18 bits per heavy atom. The molecule has 3 aromatic heterocycles. The van der Waals surface area contributed by atoms with Gasteiger partial charge in [0.15, 0.2) is 0 Å². The van der Waals surface area contributed by atoms with Gasteiger partial charge >= 0.3 is 0 Å². The Balaban J connectivity index is 0.968. The van der Waals surface area contributed by atoms with Crippen LogP contribution in [0.2, 0.25) is 0 Å². The van der Waals surface area contributed by atoms with E-state index in [4.69, 9.17) is 0 Å². The summed E-state index contributed by atoms with van der Waals surface area (Å²) < 4.78 is 2.36. The predicted octanol–water partition coefficient (Wildman–Crippen LogP) is 13.7. The van der Waals surface area contributed by atoms with Gasteiger partial charge in [-0.2, -0.15) is 0 Å². The molecule has 9 aromatic rings. The quantitative estimate of drug-likeness (QED) is 0.177. The number of aryl methyl sites for hydroxylation is 2. The van der Waals surface area contributed by atoms with Gasteiger partial charge in [-0.25, -0.2) is 0 Å². The maximum atomic E-state index is 4.60. The average molecular weight is 720 g/mol. The molecule has 0 bridgehead atoms. The van der Waals surface area contributed by atoms with Crippen molar-refractivity contribution < 1.29 is 0 Å². The molecule has 2 aliphatic carbocycles. The van der Waals surface area contributed by atoms with Gasteiger partial charge in [-0.15, -0.1) is 0 Å². The molecule has 3 heterocycles. The molecular weight excluding hydrogens is 679 g/mol. The van der Waals surface area contributed by atoms with Crippen LogP contribution in [-0.2, 0) is 5.41 Å². The van der Waals surface area contributed by atoms with Crippen LogP contribution in [0.5, 0.6) is 0 Å². The van der Waals surface area contributed by atoms with Crippen molar-refractivity contribution in [3.8, 4) is 61.5 Å². The molecular formula is C53H41N3. The number of pyridine rings is 2. The highest BCUT2D eigenvalue weighted by Crippen LogP contribution is 2.58. The molecule has 0 atom stereocenters. The van der Waals surface area contributed by atoms with Crippen LogP contribution >= 0.6 is 0 Å². The first-order valence-electron chi connectivity index (χ1n) is 19.9. The minimum absolute atomic E-state index is 0.0447. The Morgan fingerprint density at radius 3 is 1.96 bits per heavy atom. The molecule has 0 unspecified atom stereocenters. The summed E-state index contributed by atoms with van der Waals surface area (Å²) in [6.07, 6.45) is 10.6. The highest BCUT2D eigenvalue weighted by Gasteiger charge is 2.45. The largest absolute Gasteiger partial charge is 0.308 e. The molecule has 1 saturated carbocycles. The monoisotopic (exact) mass is 719 g/mol. The Bertz CT molecular complexity index is 2950. The van der Waals surface area contributed by atoms with Crippen molar-refractivity contribution in [3.05, 3.63) is 186 Å². The number of hydrogen-bond donors (Lipinski definition) is 0. The lowest BCUT2D eigenvalue weighted by Gasteiger charge is -2.27. The Kier molecular flexibility index (Phi) is 7.47. The topological polar surface area (TPSA) is 30.7 Å². The van der Waals surface area contributed by atoms with E-state index in [0.29, 0.717) is 0 Å². The lowest BCUT2D eigenvalue weighted by atomic mass is 9.75. The van der Waals surface area contributed by atoms with Gasteiger partial charge in [0.2, 0.25) is 0 Å². The molecule has 11 rings (SSSR count). The van der Waals surface area contributed by atoms with Crippen LogP contribution in [0.1, 0.15) is 47.9 Å². The summed E-state index contributed by atoms with van der Waals surface area (Å²) in [6.45, 7) is 4.50. The third-order valence-electron chi connectivity index (χ3n) is 12.8. The Hall–Kier alpha value is -6.58. The predicted molar refractivity (Wildman–Crippen MR) is 232 cm³/mol. The standard InChI is InChI=1S/C53H41N3/c1-34-15-16-37(36-10-9-11-40(29-36)50-13-5-8-26-55-50)30-47(34)39-18-21-44-43-20-17-38(31-48(43)53(49(44)32-39)24-6-7-25-53)42-22-19-41(28-35(42)2)56-51-14-4-3-12-45(51)46-23-27-54-33-52(46)56/h3-5,8-23,26-33H,6-7,24-25H2,1-2H3. The molecule has 0 aliphatic heterocycles. The first-order valence-corrected chi connectivity index (χ1v) is 19.9. The number of fused-ring (bicyclic) bond motifs is 8. The summed E-state index contributed by atoms with van der Waals surface area (Å²) in [4.78, 5) is 9.10. The zero-order valence-electron chi connectivity index (χ0n) is 31.8. The molecule has 0 saturated heterocycles. The smallest absolute Gasteiger partial charge is 0.0724 e. The number of benzene rings is 6. The van der Waals surface area contributed by atoms with E-state index in [0.717, 1.165) is 16.8 Å². The van der Waals surface area contributed by atoms with Gasteiger partial charge in [0.05, 0.1) is 22.9 Å². The van der Waals surface area contributed by atoms with Crippen molar-refractivity contribution in [1.82, 2.24) is 14.5 Å². The normalized spacial score (nSPS) is 14.1. The number of nitrogens with zero attached hydrogens (tertiary/aromatic N) is 3. The van der Waals surface area contributed by atoms with E-state index in [-0.39, 0.29) is 5.41 Å². The fraction of sp³-hybridized carbons (Fsp3) is 0.132. The van der Waals surface area contributed by atoms with Crippen molar-refractivity contribution in [2.75, 3.05) is 0 Å². The third-order valence-corrected chi connectivity index (χ3v) is 12.8. The van der Waals surface area contributed by atoms with Crippen LogP contribution in [0, 0.1) is 13.8 Å². The third kappa shape index (κ3) is 5.04. The van der Waals surface area contributed by atoms with E-state index in [9.17, 15) is 0 Å². The van der Waals surface area contributed by atoms with Gasteiger partial charge < -0.3 is 4.57 Å². The molecule has 0 N–H and O–H groups in total. The second-order valence-corrected chi connectivity index (χ2v) is 15.9. The van der Waals surface area contributed by atoms with Gasteiger partial charge in [-0.3, -0.25) is 9.97 Å². The Labute approximate surface area is 328 Å². The SMILES string of the molecule is Cc1cc(-n2c3ccccc3c3ccncc32)ccc1-c1ccc2c(c1)C1(CCCC1)c1cc(-c3cc(-c4cccc(-c5ccccn5)c4)ccc3C)ccc1-2. The minimum atomic E-state index is 0.0447. The summed E-state index contributed by atoms with van der Waals surface area (Å²) in [5.74, 6) is 0. The molecule has 0 radical (unpaired) electrons. The van der Waals surface area contributed by atoms with E-state index in [1.165, 1.54) is 114 Å². The second-order valence-electron chi connectivity index (χ2n) is 15.9. The molecule has 56 heavy (non-hydrogen) atoms. The first kappa shape index (κ1) is 32.8. The van der Waals surface area contributed by atoms with Gasteiger partial charge in [-0.1, -0.05) is 97.8 Å².